The molecular formula is C14H20N2O4. The van der Waals surface area contributed by atoms with E-state index in [0.29, 0.717) is 18.8 Å². The van der Waals surface area contributed by atoms with Gasteiger partial charge >= 0.3 is 12.0 Å². The summed E-state index contributed by atoms with van der Waals surface area (Å²) < 4.78 is 4.92. The Morgan fingerprint density at radius 1 is 1.25 bits per heavy atom. The van der Waals surface area contributed by atoms with Crippen LogP contribution < -0.4 is 4.90 Å². The number of hydrogen-bond acceptors (Lipinski definition) is 3. The normalized spacial score (nSPS) is 10.2. The third-order valence-corrected chi connectivity index (χ3v) is 2.83. The maximum absolute atomic E-state index is 12.3. The molecule has 1 rings (SSSR count). The second-order valence-corrected chi connectivity index (χ2v) is 4.51. The largest absolute Gasteiger partial charge is 0.480 e. The van der Waals surface area contributed by atoms with Gasteiger partial charge in [-0.05, 0) is 19.1 Å². The number of aryl methyl sites for hydroxylation is 1. The highest BCUT2D eigenvalue weighted by molar-refractivity contribution is 5.96. The van der Waals surface area contributed by atoms with Gasteiger partial charge in [0.15, 0.2) is 0 Å². The van der Waals surface area contributed by atoms with Crippen molar-refractivity contribution in [2.24, 2.45) is 0 Å². The van der Waals surface area contributed by atoms with E-state index in [2.05, 4.69) is 0 Å². The van der Waals surface area contributed by atoms with Crippen LogP contribution in [-0.4, -0.2) is 55.9 Å². The third kappa shape index (κ3) is 4.55. The van der Waals surface area contributed by atoms with Crippen LogP contribution in [0, 0.1) is 6.92 Å². The smallest absolute Gasteiger partial charge is 0.324 e. The van der Waals surface area contributed by atoms with Crippen LogP contribution >= 0.6 is 0 Å². The van der Waals surface area contributed by atoms with Crippen molar-refractivity contribution >= 4 is 17.7 Å². The summed E-state index contributed by atoms with van der Waals surface area (Å²) >= 11 is 0. The zero-order valence-electron chi connectivity index (χ0n) is 12.0. The van der Waals surface area contributed by atoms with Gasteiger partial charge in [0.1, 0.15) is 6.54 Å². The summed E-state index contributed by atoms with van der Waals surface area (Å²) in [5, 5.41) is 8.97. The minimum absolute atomic E-state index is 0.367. The molecule has 1 N–H and O–H groups in total. The Morgan fingerprint density at radius 3 is 2.35 bits per heavy atom. The lowest BCUT2D eigenvalue weighted by atomic mass is 10.2. The number of likely N-dealkylation sites (N-methyl/N-ethyl adjacent to an activating group) is 1. The maximum atomic E-state index is 12.3. The Labute approximate surface area is 118 Å². The van der Waals surface area contributed by atoms with Gasteiger partial charge in [-0.2, -0.15) is 0 Å². The number of ether oxygens (including phenoxy) is 1. The van der Waals surface area contributed by atoms with Gasteiger partial charge < -0.3 is 14.7 Å². The predicted octanol–water partition coefficient (Wildman–Crippen LogP) is 1.58. The van der Waals surface area contributed by atoms with Crippen molar-refractivity contribution in [2.75, 3.05) is 38.8 Å². The van der Waals surface area contributed by atoms with Gasteiger partial charge in [-0.1, -0.05) is 17.7 Å². The number of carbonyl (C=O) groups excluding carboxylic acids is 1. The number of hydrogen-bond donors (Lipinski definition) is 1. The first-order chi connectivity index (χ1) is 9.45. The van der Waals surface area contributed by atoms with Gasteiger partial charge in [0.25, 0.3) is 0 Å². The lowest BCUT2D eigenvalue weighted by Gasteiger charge is -2.27. The monoisotopic (exact) mass is 280 g/mol. The molecule has 20 heavy (non-hydrogen) atoms. The molecule has 0 bridgehead atoms. The van der Waals surface area contributed by atoms with Crippen molar-refractivity contribution < 1.29 is 19.4 Å². The predicted molar refractivity (Wildman–Crippen MR) is 76.1 cm³/mol. The average molecular weight is 280 g/mol. The van der Waals surface area contributed by atoms with Crippen LogP contribution in [0.2, 0.25) is 0 Å². The molecule has 1 aromatic rings. The summed E-state index contributed by atoms with van der Waals surface area (Å²) in [7, 11) is 3.16. The van der Waals surface area contributed by atoms with Crippen LogP contribution in [0.1, 0.15) is 5.56 Å². The standard InChI is InChI=1S/C14H20N2O4/c1-11-4-6-12(7-5-11)16(10-13(17)18)14(19)15(2)8-9-20-3/h4-7H,8-10H2,1-3H3,(H,17,18). The molecule has 1 aromatic carbocycles. The zero-order valence-corrected chi connectivity index (χ0v) is 12.0. The number of methoxy groups -OCH3 is 1. The van der Waals surface area contributed by atoms with Gasteiger partial charge in [-0.3, -0.25) is 9.69 Å². The zero-order chi connectivity index (χ0) is 15.1. The molecule has 0 heterocycles. The highest BCUT2D eigenvalue weighted by atomic mass is 16.5. The van der Waals surface area contributed by atoms with Gasteiger partial charge in [0.2, 0.25) is 0 Å². The number of rotatable bonds is 6. The number of urea groups is 1. The number of carbonyl (C=O) groups is 2. The van der Waals surface area contributed by atoms with Crippen molar-refractivity contribution in [1.29, 1.82) is 0 Å². The first kappa shape index (κ1) is 16.0. The summed E-state index contributed by atoms with van der Waals surface area (Å²) in [6.07, 6.45) is 0. The second-order valence-electron chi connectivity index (χ2n) is 4.51. The van der Waals surface area contributed by atoms with Crippen LogP contribution in [0.15, 0.2) is 24.3 Å². The van der Waals surface area contributed by atoms with Gasteiger partial charge in [-0.25, -0.2) is 4.79 Å². The molecule has 0 aromatic heterocycles. The van der Waals surface area contributed by atoms with Gasteiger partial charge in [-0.15, -0.1) is 0 Å². The quantitative estimate of drug-likeness (QED) is 0.859. The van der Waals surface area contributed by atoms with Crippen LogP contribution in [0.3, 0.4) is 0 Å². The molecule has 110 valence electrons. The maximum Gasteiger partial charge on any atom is 0.324 e. The highest BCUT2D eigenvalue weighted by Crippen LogP contribution is 2.16. The van der Waals surface area contributed by atoms with Crippen LogP contribution in [0.5, 0.6) is 0 Å². The number of amides is 2. The second kappa shape index (κ2) is 7.49. The molecule has 0 aliphatic rings. The van der Waals surface area contributed by atoms with Crippen molar-refractivity contribution in [2.45, 2.75) is 6.92 Å². The van der Waals surface area contributed by atoms with E-state index in [-0.39, 0.29) is 12.6 Å². The summed E-state index contributed by atoms with van der Waals surface area (Å²) in [6, 6.07) is 6.79. The molecule has 6 heteroatoms. The fourth-order valence-electron chi connectivity index (χ4n) is 1.66. The lowest BCUT2D eigenvalue weighted by Crippen LogP contribution is -2.45. The first-order valence-electron chi connectivity index (χ1n) is 6.25. The van der Waals surface area contributed by atoms with E-state index in [9.17, 15) is 9.59 Å². The fraction of sp³-hybridized carbons (Fsp3) is 0.429. The van der Waals surface area contributed by atoms with E-state index in [4.69, 9.17) is 9.84 Å². The number of anilines is 1. The Kier molecular flexibility index (Phi) is 5.99. The Morgan fingerprint density at radius 2 is 1.85 bits per heavy atom. The lowest BCUT2D eigenvalue weighted by molar-refractivity contribution is -0.135. The van der Waals surface area contributed by atoms with E-state index in [0.717, 1.165) is 5.56 Å². The molecule has 0 saturated carbocycles. The minimum Gasteiger partial charge on any atom is -0.480 e. The molecule has 0 aliphatic heterocycles. The average Bonchev–Trinajstić information content (AvgIpc) is 2.42. The number of benzene rings is 1. The molecule has 0 aliphatic carbocycles. The third-order valence-electron chi connectivity index (χ3n) is 2.83. The molecule has 0 saturated heterocycles. The van der Waals surface area contributed by atoms with Crippen molar-refractivity contribution in [1.82, 2.24) is 4.90 Å². The summed E-state index contributed by atoms with van der Waals surface area (Å²) in [6.45, 7) is 2.35. The summed E-state index contributed by atoms with van der Waals surface area (Å²) in [4.78, 5) is 25.9. The van der Waals surface area contributed by atoms with Crippen molar-refractivity contribution in [3.8, 4) is 0 Å². The molecule has 0 atom stereocenters. The first-order valence-corrected chi connectivity index (χ1v) is 6.25. The molecule has 0 radical (unpaired) electrons. The summed E-state index contributed by atoms with van der Waals surface area (Å²) in [5.74, 6) is -1.06. The Balaban J connectivity index is 2.91. The molecular weight excluding hydrogens is 260 g/mol. The number of aliphatic carboxylic acids is 1. The van der Waals surface area contributed by atoms with E-state index >= 15 is 0 Å². The van der Waals surface area contributed by atoms with Crippen molar-refractivity contribution in [3.05, 3.63) is 29.8 Å². The van der Waals surface area contributed by atoms with E-state index in [1.54, 1.807) is 26.3 Å². The molecule has 6 nitrogen and oxygen atoms in total. The van der Waals surface area contributed by atoms with Crippen molar-refractivity contribution in [3.63, 3.8) is 0 Å². The number of carboxylic acid groups (broad SMARTS) is 1. The van der Waals surface area contributed by atoms with E-state index in [1.807, 2.05) is 19.1 Å². The minimum atomic E-state index is -1.06. The number of carboxylic acids is 1. The number of nitrogens with zero attached hydrogens (tertiary/aromatic N) is 2. The van der Waals surface area contributed by atoms with Crippen LogP contribution in [-0.2, 0) is 9.53 Å². The summed E-state index contributed by atoms with van der Waals surface area (Å²) in [5.41, 5.74) is 1.61. The Hall–Kier alpha value is -2.08. The van der Waals surface area contributed by atoms with E-state index < -0.39 is 5.97 Å². The SMILES string of the molecule is COCCN(C)C(=O)N(CC(=O)O)c1ccc(C)cc1. The van der Waals surface area contributed by atoms with E-state index in [1.165, 1.54) is 9.80 Å². The molecule has 0 fully saturated rings. The van der Waals surface area contributed by atoms with Gasteiger partial charge in [0, 0.05) is 26.4 Å². The topological polar surface area (TPSA) is 70.1 Å². The molecule has 0 unspecified atom stereocenters. The highest BCUT2D eigenvalue weighted by Gasteiger charge is 2.21. The Bertz CT molecular complexity index is 459. The van der Waals surface area contributed by atoms with Gasteiger partial charge in [0.05, 0.1) is 6.61 Å². The molecule has 2 amide bonds. The molecule has 0 spiro atoms. The van der Waals surface area contributed by atoms with Crippen LogP contribution in [0.4, 0.5) is 10.5 Å². The van der Waals surface area contributed by atoms with Crippen LogP contribution in [0.25, 0.3) is 0 Å². The fourth-order valence-corrected chi connectivity index (χ4v) is 1.66.